The van der Waals surface area contributed by atoms with E-state index in [4.69, 9.17) is 0 Å². The van der Waals surface area contributed by atoms with E-state index < -0.39 is 0 Å². The number of nitrogens with zero attached hydrogens (tertiary/aromatic N) is 4. The average Bonchev–Trinajstić information content (AvgIpc) is 3.23. The number of hydrogen-bond acceptors (Lipinski definition) is 6. The highest BCUT2D eigenvalue weighted by Gasteiger charge is 2.14. The highest BCUT2D eigenvalue weighted by Crippen LogP contribution is 2.09. The maximum atomic E-state index is 12.3. The number of carbonyl (C=O) groups is 1. The van der Waals surface area contributed by atoms with Gasteiger partial charge in [-0.2, -0.15) is 5.10 Å². The molecule has 0 spiro atoms. The van der Waals surface area contributed by atoms with Crippen molar-refractivity contribution in [2.24, 2.45) is 20.9 Å². The Hall–Kier alpha value is -3.07. The highest BCUT2D eigenvalue weighted by molar-refractivity contribution is 6.38. The fourth-order valence-electron chi connectivity index (χ4n) is 3.06. The molecule has 0 bridgehead atoms. The molecular formula is C22H34N8O. The second-order valence-corrected chi connectivity index (χ2v) is 7.22. The number of aliphatic imine (C=N–C) groups is 3. The molecule has 9 nitrogen and oxygen atoms in total. The molecule has 168 valence electrons. The Bertz CT molecular complexity index is 920. The third-order valence-corrected chi connectivity index (χ3v) is 4.84. The Labute approximate surface area is 183 Å². The summed E-state index contributed by atoms with van der Waals surface area (Å²) in [5.41, 5.74) is 0.390. The minimum absolute atomic E-state index is 0.158. The van der Waals surface area contributed by atoms with Gasteiger partial charge in [0.15, 0.2) is 0 Å². The smallest absolute Gasteiger partial charge is 0.265 e. The van der Waals surface area contributed by atoms with Crippen LogP contribution in [0, 0.1) is 5.92 Å². The summed E-state index contributed by atoms with van der Waals surface area (Å²) in [6.45, 7) is 8.83. The summed E-state index contributed by atoms with van der Waals surface area (Å²) in [5, 5.41) is 18.6. The van der Waals surface area contributed by atoms with Crippen LogP contribution in [0.2, 0.25) is 0 Å². The van der Waals surface area contributed by atoms with E-state index in [0.29, 0.717) is 30.5 Å². The van der Waals surface area contributed by atoms with Gasteiger partial charge in [-0.05, 0) is 52.1 Å². The summed E-state index contributed by atoms with van der Waals surface area (Å²) in [4.78, 5) is 24.9. The first-order valence-corrected chi connectivity index (χ1v) is 10.8. The quantitative estimate of drug-likeness (QED) is 0.321. The molecule has 1 aliphatic heterocycles. The molecule has 31 heavy (non-hydrogen) atoms. The van der Waals surface area contributed by atoms with Gasteiger partial charge in [0.2, 0.25) is 0 Å². The van der Waals surface area contributed by atoms with Crippen LogP contribution in [0.25, 0.3) is 12.2 Å². The van der Waals surface area contributed by atoms with Crippen LogP contribution in [-0.2, 0) is 4.79 Å². The van der Waals surface area contributed by atoms with Crippen LogP contribution in [0.3, 0.4) is 0 Å². The first-order chi connectivity index (χ1) is 15.1. The Morgan fingerprint density at radius 2 is 2.10 bits per heavy atom. The van der Waals surface area contributed by atoms with Gasteiger partial charge in [0.05, 0.1) is 17.7 Å². The standard InChI is InChI=1S/C22H34N8O/c1-4-6-20-19(14-29-30-20)9-12-25-21(28-16-23-5-2)15-26-17(3)22(31)27-13-18-7-10-24-11-8-18/h5-6,9,14-16,18,24-25,30H,4,7-8,10-13H2,1-3H3,(H,27,31)/b19-9-,20-6+,21-15+,23-5+,26-17+,28-16-. The maximum absolute atomic E-state index is 12.3. The zero-order chi connectivity index (χ0) is 22.3. The first kappa shape index (κ1) is 24.2. The van der Waals surface area contributed by atoms with E-state index in [9.17, 15) is 4.79 Å². The molecule has 0 saturated carbocycles. The molecule has 0 radical (unpaired) electrons. The molecule has 0 aromatic carbocycles. The molecule has 1 aromatic heterocycles. The monoisotopic (exact) mass is 426 g/mol. The van der Waals surface area contributed by atoms with Crippen molar-refractivity contribution in [2.45, 2.75) is 40.0 Å². The lowest BCUT2D eigenvalue weighted by atomic mass is 9.98. The summed E-state index contributed by atoms with van der Waals surface area (Å²) in [6, 6.07) is 0. The Balaban J connectivity index is 2.00. The fourth-order valence-corrected chi connectivity index (χ4v) is 3.06. The molecule has 1 aromatic rings. The highest BCUT2D eigenvalue weighted by atomic mass is 16.1. The second-order valence-electron chi connectivity index (χ2n) is 7.22. The van der Waals surface area contributed by atoms with E-state index in [2.05, 4.69) is 54.1 Å². The number of aromatic amines is 1. The number of aromatic nitrogens is 2. The molecule has 0 atom stereocenters. The minimum atomic E-state index is -0.158. The molecule has 2 rings (SSSR count). The van der Waals surface area contributed by atoms with Gasteiger partial charge in [0.25, 0.3) is 5.91 Å². The maximum Gasteiger partial charge on any atom is 0.265 e. The van der Waals surface area contributed by atoms with Gasteiger partial charge in [-0.15, -0.1) is 0 Å². The lowest BCUT2D eigenvalue weighted by molar-refractivity contribution is -0.115. The van der Waals surface area contributed by atoms with E-state index in [0.717, 1.165) is 42.9 Å². The summed E-state index contributed by atoms with van der Waals surface area (Å²) in [7, 11) is 0. The molecule has 4 N–H and O–H groups in total. The Kier molecular flexibility index (Phi) is 10.9. The molecule has 1 fully saturated rings. The fraction of sp³-hybridized carbons (Fsp3) is 0.500. The molecule has 1 aliphatic rings. The summed E-state index contributed by atoms with van der Waals surface area (Å²) < 4.78 is 0. The average molecular weight is 427 g/mol. The van der Waals surface area contributed by atoms with Crippen LogP contribution >= 0.6 is 0 Å². The van der Waals surface area contributed by atoms with Crippen molar-refractivity contribution in [3.63, 3.8) is 0 Å². The first-order valence-electron chi connectivity index (χ1n) is 10.8. The zero-order valence-electron chi connectivity index (χ0n) is 18.7. The predicted molar refractivity (Wildman–Crippen MR) is 128 cm³/mol. The number of piperidine rings is 1. The SMILES string of the molecule is C/C=N/C=N\C(=C\N=C(/C)C(=O)NCC1CCNCC1)NC/C=c1/cn[nH]/c1=C/CC. The zero-order valence-corrected chi connectivity index (χ0v) is 18.7. The van der Waals surface area contributed by atoms with Gasteiger partial charge < -0.3 is 16.0 Å². The molecular weight excluding hydrogens is 392 g/mol. The lowest BCUT2D eigenvalue weighted by Gasteiger charge is -2.22. The third kappa shape index (κ3) is 9.08. The number of rotatable bonds is 10. The number of hydrogen-bond donors (Lipinski definition) is 4. The van der Waals surface area contributed by atoms with Crippen LogP contribution in [0.1, 0.15) is 40.0 Å². The van der Waals surface area contributed by atoms with Crippen molar-refractivity contribution in [1.29, 1.82) is 0 Å². The minimum Gasteiger partial charge on any atom is -0.365 e. The third-order valence-electron chi connectivity index (χ3n) is 4.84. The van der Waals surface area contributed by atoms with E-state index in [1.165, 1.54) is 6.34 Å². The van der Waals surface area contributed by atoms with E-state index in [1.54, 1.807) is 25.5 Å². The van der Waals surface area contributed by atoms with Crippen LogP contribution in [0.15, 0.2) is 33.2 Å². The van der Waals surface area contributed by atoms with Gasteiger partial charge in [0, 0.05) is 24.5 Å². The van der Waals surface area contributed by atoms with E-state index in [-0.39, 0.29) is 5.91 Å². The summed E-state index contributed by atoms with van der Waals surface area (Å²) in [5.74, 6) is 0.877. The van der Waals surface area contributed by atoms with Crippen molar-refractivity contribution < 1.29 is 4.79 Å². The van der Waals surface area contributed by atoms with Crippen LogP contribution in [0.5, 0.6) is 0 Å². The van der Waals surface area contributed by atoms with E-state index in [1.807, 2.05) is 13.0 Å². The van der Waals surface area contributed by atoms with Crippen LogP contribution < -0.4 is 26.5 Å². The number of carbonyl (C=O) groups excluding carboxylic acids is 1. The normalized spacial score (nSPS) is 17.8. The molecule has 0 unspecified atom stereocenters. The largest absolute Gasteiger partial charge is 0.365 e. The number of H-pyrrole nitrogens is 1. The van der Waals surface area contributed by atoms with Gasteiger partial charge in [-0.3, -0.25) is 14.9 Å². The van der Waals surface area contributed by atoms with Crippen molar-refractivity contribution in [2.75, 3.05) is 26.2 Å². The summed E-state index contributed by atoms with van der Waals surface area (Å²) in [6.07, 6.45) is 13.6. The van der Waals surface area contributed by atoms with Crippen molar-refractivity contribution in [3.8, 4) is 0 Å². The Morgan fingerprint density at radius 3 is 2.84 bits per heavy atom. The number of nitrogens with one attached hydrogen (secondary N) is 4. The van der Waals surface area contributed by atoms with Gasteiger partial charge >= 0.3 is 0 Å². The number of amides is 1. The second kappa shape index (κ2) is 14.0. The topological polar surface area (TPSA) is 119 Å². The lowest BCUT2D eigenvalue weighted by Crippen LogP contribution is -2.38. The molecule has 1 saturated heterocycles. The molecule has 9 heteroatoms. The van der Waals surface area contributed by atoms with Gasteiger partial charge in [0.1, 0.15) is 17.9 Å². The molecule has 1 amide bonds. The summed E-state index contributed by atoms with van der Waals surface area (Å²) >= 11 is 0. The van der Waals surface area contributed by atoms with Gasteiger partial charge in [-0.1, -0.05) is 19.1 Å². The molecule has 2 heterocycles. The van der Waals surface area contributed by atoms with Gasteiger partial charge in [-0.25, -0.2) is 9.98 Å². The van der Waals surface area contributed by atoms with Crippen LogP contribution in [-0.4, -0.2) is 60.5 Å². The molecule has 0 aliphatic carbocycles. The van der Waals surface area contributed by atoms with Crippen molar-refractivity contribution in [3.05, 3.63) is 28.8 Å². The van der Waals surface area contributed by atoms with Crippen LogP contribution in [0.4, 0.5) is 0 Å². The Morgan fingerprint density at radius 1 is 1.29 bits per heavy atom. The van der Waals surface area contributed by atoms with E-state index >= 15 is 0 Å². The van der Waals surface area contributed by atoms with Crippen molar-refractivity contribution >= 4 is 36.3 Å². The van der Waals surface area contributed by atoms with Crippen molar-refractivity contribution in [1.82, 2.24) is 26.1 Å². The predicted octanol–water partition coefficient (Wildman–Crippen LogP) is 0.465.